The molecule has 0 bridgehead atoms. The van der Waals surface area contributed by atoms with Gasteiger partial charge in [-0.3, -0.25) is 4.79 Å². The van der Waals surface area contributed by atoms with Gasteiger partial charge in [-0.25, -0.2) is 0 Å². The van der Waals surface area contributed by atoms with Crippen LogP contribution < -0.4 is 0 Å². The van der Waals surface area contributed by atoms with Crippen LogP contribution in [0.5, 0.6) is 0 Å². The number of carbonyl (C=O) groups is 1. The van der Waals surface area contributed by atoms with Gasteiger partial charge < -0.3 is 9.42 Å². The number of aromatic nitrogens is 2. The zero-order valence-corrected chi connectivity index (χ0v) is 18.2. The van der Waals surface area contributed by atoms with E-state index in [2.05, 4.69) is 10.1 Å². The molecule has 3 aromatic carbocycles. The van der Waals surface area contributed by atoms with Crippen molar-refractivity contribution in [1.29, 1.82) is 0 Å². The second-order valence-corrected chi connectivity index (χ2v) is 8.42. The fourth-order valence-electron chi connectivity index (χ4n) is 4.51. The Morgan fingerprint density at radius 3 is 2.16 bits per heavy atom. The van der Waals surface area contributed by atoms with Crippen LogP contribution in [0.15, 0.2) is 89.5 Å². The summed E-state index contributed by atoms with van der Waals surface area (Å²) < 4.78 is 5.49. The van der Waals surface area contributed by atoms with E-state index in [0.29, 0.717) is 23.3 Å². The second-order valence-electron chi connectivity index (χ2n) is 7.99. The zero-order valence-electron chi connectivity index (χ0n) is 17.4. The third-order valence-corrected chi connectivity index (χ3v) is 6.31. The van der Waals surface area contributed by atoms with E-state index in [1.54, 1.807) is 12.1 Å². The van der Waals surface area contributed by atoms with Crippen LogP contribution in [0.1, 0.15) is 29.9 Å². The zero-order chi connectivity index (χ0) is 22.0. The second kappa shape index (κ2) is 8.60. The summed E-state index contributed by atoms with van der Waals surface area (Å²) in [5.41, 5.74) is 2.11. The SMILES string of the molecule is O=C1N(Cc2nc(-c3ccc(Cl)cc3)no2)CCCC1(c1ccccc1)c1ccccc1. The molecule has 1 fully saturated rings. The molecule has 160 valence electrons. The molecule has 1 aliphatic heterocycles. The number of hydrogen-bond donors (Lipinski definition) is 0. The van der Waals surface area contributed by atoms with Gasteiger partial charge in [0, 0.05) is 17.1 Å². The van der Waals surface area contributed by atoms with Gasteiger partial charge in [0.25, 0.3) is 0 Å². The van der Waals surface area contributed by atoms with Crippen LogP contribution in [-0.2, 0) is 16.8 Å². The average Bonchev–Trinajstić information content (AvgIpc) is 3.31. The third-order valence-electron chi connectivity index (χ3n) is 6.06. The lowest BCUT2D eigenvalue weighted by atomic mass is 9.68. The predicted molar refractivity (Wildman–Crippen MR) is 123 cm³/mol. The number of piperidine rings is 1. The standard InChI is InChI=1S/C26H22ClN3O2/c27-22-14-12-19(13-15-22)24-28-23(32-29-24)18-30-17-7-16-26(25(30)31,20-8-3-1-4-9-20)21-10-5-2-6-11-21/h1-6,8-15H,7,16-18H2. The highest BCUT2D eigenvalue weighted by atomic mass is 35.5. The minimum absolute atomic E-state index is 0.0624. The van der Waals surface area contributed by atoms with E-state index in [9.17, 15) is 4.79 Å². The van der Waals surface area contributed by atoms with Crippen LogP contribution >= 0.6 is 11.6 Å². The Morgan fingerprint density at radius 2 is 1.53 bits per heavy atom. The maximum Gasteiger partial charge on any atom is 0.246 e. The molecule has 1 amide bonds. The number of likely N-dealkylation sites (tertiary alicyclic amines) is 1. The molecular formula is C26H22ClN3O2. The van der Waals surface area contributed by atoms with Crippen molar-refractivity contribution in [1.82, 2.24) is 15.0 Å². The molecule has 0 radical (unpaired) electrons. The van der Waals surface area contributed by atoms with Gasteiger partial charge in [-0.05, 0) is 48.2 Å². The van der Waals surface area contributed by atoms with Crippen molar-refractivity contribution in [3.63, 3.8) is 0 Å². The molecule has 2 heterocycles. The molecule has 32 heavy (non-hydrogen) atoms. The average molecular weight is 444 g/mol. The molecule has 0 spiro atoms. The summed E-state index contributed by atoms with van der Waals surface area (Å²) in [6.07, 6.45) is 1.64. The molecule has 1 aliphatic rings. The monoisotopic (exact) mass is 443 g/mol. The molecule has 1 saturated heterocycles. The summed E-state index contributed by atoms with van der Waals surface area (Å²) in [5.74, 6) is 0.964. The maximum absolute atomic E-state index is 14.0. The number of amides is 1. The van der Waals surface area contributed by atoms with E-state index in [1.807, 2.05) is 77.7 Å². The quantitative estimate of drug-likeness (QED) is 0.408. The van der Waals surface area contributed by atoms with Gasteiger partial charge in [-0.2, -0.15) is 4.98 Å². The molecule has 0 unspecified atom stereocenters. The number of rotatable bonds is 5. The number of carbonyl (C=O) groups excluding carboxylic acids is 1. The first-order chi connectivity index (χ1) is 15.7. The van der Waals surface area contributed by atoms with Gasteiger partial charge in [0.1, 0.15) is 6.54 Å². The molecule has 0 aliphatic carbocycles. The minimum Gasteiger partial charge on any atom is -0.337 e. The maximum atomic E-state index is 14.0. The Kier molecular flexibility index (Phi) is 5.50. The molecule has 5 rings (SSSR count). The molecule has 0 N–H and O–H groups in total. The lowest BCUT2D eigenvalue weighted by Gasteiger charge is -2.42. The largest absolute Gasteiger partial charge is 0.337 e. The third kappa shape index (κ3) is 3.69. The molecule has 0 saturated carbocycles. The van der Waals surface area contributed by atoms with Gasteiger partial charge >= 0.3 is 0 Å². The topological polar surface area (TPSA) is 59.2 Å². The van der Waals surface area contributed by atoms with E-state index in [0.717, 1.165) is 29.5 Å². The van der Waals surface area contributed by atoms with Crippen molar-refractivity contribution in [2.24, 2.45) is 0 Å². The molecule has 4 aromatic rings. The highest BCUT2D eigenvalue weighted by Gasteiger charge is 2.46. The molecular weight excluding hydrogens is 422 g/mol. The summed E-state index contributed by atoms with van der Waals surface area (Å²) >= 11 is 5.97. The molecule has 5 nitrogen and oxygen atoms in total. The molecule has 0 atom stereocenters. The van der Waals surface area contributed by atoms with Crippen molar-refractivity contribution >= 4 is 17.5 Å². The number of halogens is 1. The summed E-state index contributed by atoms with van der Waals surface area (Å²) in [5, 5.41) is 4.74. The van der Waals surface area contributed by atoms with E-state index < -0.39 is 5.41 Å². The van der Waals surface area contributed by atoms with Gasteiger partial charge in [0.05, 0.1) is 5.41 Å². The Labute approximate surface area is 191 Å². The lowest BCUT2D eigenvalue weighted by molar-refractivity contribution is -0.140. The van der Waals surface area contributed by atoms with Gasteiger partial charge in [0.2, 0.25) is 17.6 Å². The van der Waals surface area contributed by atoms with Crippen molar-refractivity contribution in [2.75, 3.05) is 6.54 Å². The Morgan fingerprint density at radius 1 is 0.906 bits per heavy atom. The van der Waals surface area contributed by atoms with Crippen LogP contribution in [0, 0.1) is 0 Å². The van der Waals surface area contributed by atoms with Crippen LogP contribution in [0.3, 0.4) is 0 Å². The minimum atomic E-state index is -0.722. The van der Waals surface area contributed by atoms with Gasteiger partial charge in [-0.1, -0.05) is 77.4 Å². The van der Waals surface area contributed by atoms with Crippen molar-refractivity contribution in [3.05, 3.63) is 107 Å². The van der Waals surface area contributed by atoms with E-state index in [-0.39, 0.29) is 12.5 Å². The van der Waals surface area contributed by atoms with Gasteiger partial charge in [-0.15, -0.1) is 0 Å². The Bertz CT molecular complexity index is 1170. The normalized spacial score (nSPS) is 15.7. The van der Waals surface area contributed by atoms with Gasteiger partial charge in [0.15, 0.2) is 0 Å². The predicted octanol–water partition coefficient (Wildman–Crippen LogP) is 5.50. The Balaban J connectivity index is 1.46. The molecule has 6 heteroatoms. The first kappa shape index (κ1) is 20.5. The van der Waals surface area contributed by atoms with Crippen LogP contribution in [0.2, 0.25) is 5.02 Å². The van der Waals surface area contributed by atoms with Crippen molar-refractivity contribution < 1.29 is 9.32 Å². The number of benzene rings is 3. The van der Waals surface area contributed by atoms with E-state index in [4.69, 9.17) is 16.1 Å². The first-order valence-corrected chi connectivity index (χ1v) is 11.0. The van der Waals surface area contributed by atoms with Crippen LogP contribution in [-0.4, -0.2) is 27.5 Å². The fraction of sp³-hybridized carbons (Fsp3) is 0.192. The van der Waals surface area contributed by atoms with E-state index >= 15 is 0 Å². The Hall–Kier alpha value is -3.44. The molecule has 1 aromatic heterocycles. The smallest absolute Gasteiger partial charge is 0.246 e. The summed E-state index contributed by atoms with van der Waals surface area (Å²) in [6, 6.07) is 27.3. The summed E-state index contributed by atoms with van der Waals surface area (Å²) in [7, 11) is 0. The van der Waals surface area contributed by atoms with Crippen LogP contribution in [0.25, 0.3) is 11.4 Å². The van der Waals surface area contributed by atoms with Crippen molar-refractivity contribution in [3.8, 4) is 11.4 Å². The summed E-state index contributed by atoms with van der Waals surface area (Å²) in [6.45, 7) is 0.930. The number of nitrogens with zero attached hydrogens (tertiary/aromatic N) is 3. The summed E-state index contributed by atoms with van der Waals surface area (Å²) in [4.78, 5) is 20.3. The lowest BCUT2D eigenvalue weighted by Crippen LogP contribution is -2.51. The first-order valence-electron chi connectivity index (χ1n) is 10.7. The number of hydrogen-bond acceptors (Lipinski definition) is 4. The van der Waals surface area contributed by atoms with E-state index in [1.165, 1.54) is 0 Å². The fourth-order valence-corrected chi connectivity index (χ4v) is 4.64. The van der Waals surface area contributed by atoms with Crippen LogP contribution in [0.4, 0.5) is 0 Å². The highest BCUT2D eigenvalue weighted by molar-refractivity contribution is 6.30. The van der Waals surface area contributed by atoms with Crippen molar-refractivity contribution in [2.45, 2.75) is 24.8 Å². The highest BCUT2D eigenvalue weighted by Crippen LogP contribution is 2.41.